The maximum Gasteiger partial charge on any atom is 0.252 e. The van der Waals surface area contributed by atoms with Crippen molar-refractivity contribution >= 4 is 40.2 Å². The lowest BCUT2D eigenvalue weighted by Gasteiger charge is -2.39. The van der Waals surface area contributed by atoms with Gasteiger partial charge in [0.15, 0.2) is 0 Å². The zero-order valence-electron chi connectivity index (χ0n) is 17.6. The van der Waals surface area contributed by atoms with E-state index in [9.17, 15) is 9.59 Å². The van der Waals surface area contributed by atoms with Gasteiger partial charge in [0.05, 0.1) is 48.3 Å². The fourth-order valence-electron chi connectivity index (χ4n) is 3.96. The third-order valence-electron chi connectivity index (χ3n) is 5.94. The SMILES string of the molecule is C[C@@H]1[C@@H](C)OCCN1c1ccc2nccc(C(=O)NCC(=O)N3CSC[C@H]3C#N)c2c1. The first-order chi connectivity index (χ1) is 15.0. The number of benzene rings is 1. The number of thioether (sulfide) groups is 1. The number of fused-ring (bicyclic) bond motifs is 1. The van der Waals surface area contributed by atoms with Gasteiger partial charge in [-0.25, -0.2) is 0 Å². The summed E-state index contributed by atoms with van der Waals surface area (Å²) in [6.45, 7) is 5.48. The van der Waals surface area contributed by atoms with Gasteiger partial charge in [-0.2, -0.15) is 5.26 Å². The fraction of sp³-hybridized carbons (Fsp3) is 0.455. The minimum atomic E-state index is -0.434. The average molecular weight is 440 g/mol. The maximum atomic E-state index is 12.9. The number of carbonyl (C=O) groups is 2. The first-order valence-electron chi connectivity index (χ1n) is 10.3. The molecule has 0 radical (unpaired) electrons. The number of hydrogen-bond acceptors (Lipinski definition) is 7. The summed E-state index contributed by atoms with van der Waals surface area (Å²) >= 11 is 1.54. The second-order valence-electron chi connectivity index (χ2n) is 7.76. The monoisotopic (exact) mass is 439 g/mol. The summed E-state index contributed by atoms with van der Waals surface area (Å²) in [6.07, 6.45) is 1.72. The first kappa shape index (κ1) is 21.4. The van der Waals surface area contributed by atoms with E-state index in [0.29, 0.717) is 23.8 Å². The number of pyridine rings is 1. The number of amides is 2. The zero-order valence-corrected chi connectivity index (χ0v) is 18.4. The van der Waals surface area contributed by atoms with Gasteiger partial charge in [0.1, 0.15) is 6.04 Å². The van der Waals surface area contributed by atoms with Crippen molar-refractivity contribution in [3.8, 4) is 6.07 Å². The Kier molecular flexibility index (Phi) is 6.30. The Morgan fingerprint density at radius 2 is 2.19 bits per heavy atom. The molecule has 2 amide bonds. The van der Waals surface area contributed by atoms with Gasteiger partial charge >= 0.3 is 0 Å². The Bertz CT molecular complexity index is 1040. The van der Waals surface area contributed by atoms with Crippen LogP contribution in [0.3, 0.4) is 0 Å². The highest BCUT2D eigenvalue weighted by Gasteiger charge is 2.29. The molecule has 1 aromatic heterocycles. The molecule has 4 rings (SSSR count). The smallest absolute Gasteiger partial charge is 0.252 e. The molecule has 0 aliphatic carbocycles. The second kappa shape index (κ2) is 9.12. The molecule has 0 spiro atoms. The number of hydrogen-bond donors (Lipinski definition) is 1. The summed E-state index contributed by atoms with van der Waals surface area (Å²) in [5, 5.41) is 12.6. The maximum absolute atomic E-state index is 12.9. The van der Waals surface area contributed by atoms with Crippen LogP contribution in [-0.4, -0.2) is 71.2 Å². The zero-order chi connectivity index (χ0) is 22.0. The van der Waals surface area contributed by atoms with Crippen LogP contribution >= 0.6 is 11.8 Å². The van der Waals surface area contributed by atoms with Crippen molar-refractivity contribution in [1.82, 2.24) is 15.2 Å². The lowest BCUT2D eigenvalue weighted by molar-refractivity contribution is -0.129. The number of morpholine rings is 1. The molecule has 8 nitrogen and oxygen atoms in total. The Labute approximate surface area is 185 Å². The van der Waals surface area contributed by atoms with Crippen LogP contribution in [-0.2, 0) is 9.53 Å². The van der Waals surface area contributed by atoms with Gasteiger partial charge in [-0.05, 0) is 38.1 Å². The van der Waals surface area contributed by atoms with Gasteiger partial charge in [-0.3, -0.25) is 14.6 Å². The summed E-state index contributed by atoms with van der Waals surface area (Å²) in [6, 6.07) is 9.49. The van der Waals surface area contributed by atoms with Gasteiger partial charge in [0.25, 0.3) is 5.91 Å². The molecule has 2 saturated heterocycles. The summed E-state index contributed by atoms with van der Waals surface area (Å²) in [5.41, 5.74) is 2.21. The van der Waals surface area contributed by atoms with E-state index in [0.717, 1.165) is 23.1 Å². The number of nitrogens with zero attached hydrogens (tertiary/aromatic N) is 4. The largest absolute Gasteiger partial charge is 0.375 e. The molecule has 2 fully saturated rings. The van der Waals surface area contributed by atoms with Crippen LogP contribution < -0.4 is 10.2 Å². The molecule has 1 N–H and O–H groups in total. The molecule has 0 unspecified atom stereocenters. The highest BCUT2D eigenvalue weighted by Crippen LogP contribution is 2.28. The fourth-order valence-corrected chi connectivity index (χ4v) is 5.06. The van der Waals surface area contributed by atoms with E-state index < -0.39 is 6.04 Å². The predicted octanol–water partition coefficient (Wildman–Crippen LogP) is 2.00. The summed E-state index contributed by atoms with van der Waals surface area (Å²) in [7, 11) is 0. The predicted molar refractivity (Wildman–Crippen MR) is 120 cm³/mol. The molecule has 2 aliphatic heterocycles. The van der Waals surface area contributed by atoms with E-state index in [1.165, 1.54) is 16.7 Å². The molecule has 0 bridgehead atoms. The highest BCUT2D eigenvalue weighted by atomic mass is 32.2. The molecule has 31 heavy (non-hydrogen) atoms. The normalized spacial score (nSPS) is 23.6. The van der Waals surface area contributed by atoms with Crippen molar-refractivity contribution in [2.75, 3.05) is 36.2 Å². The van der Waals surface area contributed by atoms with Crippen LogP contribution in [0.25, 0.3) is 10.9 Å². The lowest BCUT2D eigenvalue weighted by Crippen LogP contribution is -2.48. The van der Waals surface area contributed by atoms with Gasteiger partial charge in [-0.1, -0.05) is 0 Å². The molecular formula is C22H25N5O3S. The van der Waals surface area contributed by atoms with E-state index in [-0.39, 0.29) is 30.5 Å². The number of ether oxygens (including phenoxy) is 1. The molecule has 1 aromatic carbocycles. The third-order valence-corrected chi connectivity index (χ3v) is 6.95. The molecule has 2 aromatic rings. The third kappa shape index (κ3) is 4.31. The molecule has 0 saturated carbocycles. The van der Waals surface area contributed by atoms with E-state index in [1.807, 2.05) is 18.2 Å². The van der Waals surface area contributed by atoms with Gasteiger partial charge in [0, 0.05) is 29.6 Å². The van der Waals surface area contributed by atoms with Crippen LogP contribution in [0.1, 0.15) is 24.2 Å². The number of aromatic nitrogens is 1. The highest BCUT2D eigenvalue weighted by molar-refractivity contribution is 7.99. The van der Waals surface area contributed by atoms with E-state index in [4.69, 9.17) is 10.00 Å². The van der Waals surface area contributed by atoms with Crippen molar-refractivity contribution in [2.24, 2.45) is 0 Å². The summed E-state index contributed by atoms with van der Waals surface area (Å²) < 4.78 is 5.73. The van der Waals surface area contributed by atoms with Crippen LogP contribution in [0, 0.1) is 11.3 Å². The minimum absolute atomic E-state index is 0.119. The van der Waals surface area contributed by atoms with Crippen LogP contribution in [0.15, 0.2) is 30.5 Å². The standard InChI is InChI=1S/C22H25N5O3S/c1-14-15(2)30-8-7-26(14)16-3-4-20-19(9-16)18(5-6-24-20)22(29)25-11-21(28)27-13-31-12-17(27)10-23/h3-6,9,14-15,17H,7-8,11-13H2,1-2H3,(H,25,29)/t14-,15-,17-/m1/s1. The quantitative estimate of drug-likeness (QED) is 0.778. The van der Waals surface area contributed by atoms with E-state index in [1.54, 1.807) is 12.3 Å². The second-order valence-corrected chi connectivity index (χ2v) is 8.76. The molecule has 2 aliphatic rings. The molecule has 9 heteroatoms. The first-order valence-corrected chi connectivity index (χ1v) is 11.5. The Balaban J connectivity index is 1.53. The van der Waals surface area contributed by atoms with Crippen molar-refractivity contribution < 1.29 is 14.3 Å². The Morgan fingerprint density at radius 1 is 1.35 bits per heavy atom. The molecular weight excluding hydrogens is 414 g/mol. The number of nitriles is 1. The van der Waals surface area contributed by atoms with Crippen LogP contribution in [0.4, 0.5) is 5.69 Å². The number of nitrogens with one attached hydrogen (secondary N) is 1. The lowest BCUT2D eigenvalue weighted by atomic mass is 10.0. The summed E-state index contributed by atoms with van der Waals surface area (Å²) in [5.74, 6) is 0.499. The number of anilines is 1. The summed E-state index contributed by atoms with van der Waals surface area (Å²) in [4.78, 5) is 33.5. The Hall–Kier alpha value is -2.83. The van der Waals surface area contributed by atoms with Crippen LogP contribution in [0.2, 0.25) is 0 Å². The van der Waals surface area contributed by atoms with Gasteiger partial charge in [0.2, 0.25) is 5.91 Å². The van der Waals surface area contributed by atoms with Crippen molar-refractivity contribution in [1.29, 1.82) is 5.26 Å². The van der Waals surface area contributed by atoms with Gasteiger partial charge < -0.3 is 19.9 Å². The van der Waals surface area contributed by atoms with Crippen molar-refractivity contribution in [3.63, 3.8) is 0 Å². The molecule has 162 valence electrons. The number of carbonyl (C=O) groups excluding carboxylic acids is 2. The van der Waals surface area contributed by atoms with Crippen molar-refractivity contribution in [3.05, 3.63) is 36.0 Å². The molecule has 3 heterocycles. The number of rotatable bonds is 4. The Morgan fingerprint density at radius 3 is 3.00 bits per heavy atom. The van der Waals surface area contributed by atoms with E-state index in [2.05, 4.69) is 35.1 Å². The minimum Gasteiger partial charge on any atom is -0.375 e. The van der Waals surface area contributed by atoms with Crippen molar-refractivity contribution in [2.45, 2.75) is 32.0 Å². The molecule has 3 atom stereocenters. The van der Waals surface area contributed by atoms with E-state index >= 15 is 0 Å². The topological polar surface area (TPSA) is 98.6 Å². The average Bonchev–Trinajstić information content (AvgIpc) is 3.27. The van der Waals surface area contributed by atoms with Gasteiger partial charge in [-0.15, -0.1) is 11.8 Å². The van der Waals surface area contributed by atoms with Crippen LogP contribution in [0.5, 0.6) is 0 Å².